The Morgan fingerprint density at radius 3 is 2.32 bits per heavy atom. The van der Waals surface area contributed by atoms with E-state index in [0.29, 0.717) is 23.1 Å². The molecule has 164 valence electrons. The number of ether oxygens (including phenoxy) is 4. The van der Waals surface area contributed by atoms with Crippen LogP contribution in [0.5, 0.6) is 23.0 Å². The Bertz CT molecular complexity index is 1020. The zero-order valence-corrected chi connectivity index (χ0v) is 16.7. The monoisotopic (exact) mass is 434 g/mol. The molecule has 0 unspecified atom stereocenters. The number of amides is 1. The van der Waals surface area contributed by atoms with Crippen molar-refractivity contribution < 1.29 is 33.6 Å². The lowest BCUT2D eigenvalue weighted by Gasteiger charge is -2.10. The molecule has 1 N–H and O–H groups in total. The van der Waals surface area contributed by atoms with Crippen LogP contribution >= 0.6 is 0 Å². The Morgan fingerprint density at radius 2 is 1.74 bits per heavy atom. The molecule has 1 amide bonds. The van der Waals surface area contributed by atoms with E-state index in [2.05, 4.69) is 10.5 Å². The molecular formula is C18H18N4O9. The summed E-state index contributed by atoms with van der Waals surface area (Å²) < 4.78 is 20.4. The Labute approximate surface area is 175 Å². The fourth-order valence-corrected chi connectivity index (χ4v) is 2.38. The van der Waals surface area contributed by atoms with Gasteiger partial charge in [0.1, 0.15) is 11.5 Å². The van der Waals surface area contributed by atoms with Crippen molar-refractivity contribution in [2.24, 2.45) is 5.10 Å². The standard InChI is InChI=1S/C18H18N4O9/c1-28-13-5-4-11(15(8-13)29-2)9-19-20-17(23)10-31-18-14(22(26)27)6-12(21(24)25)7-16(18)30-3/h4-9H,10H2,1-3H3,(H,20,23)/b19-9-. The van der Waals surface area contributed by atoms with Crippen LogP contribution in [-0.2, 0) is 4.79 Å². The molecule has 0 aliphatic carbocycles. The Hall–Kier alpha value is -4.42. The molecule has 0 saturated carbocycles. The molecule has 0 spiro atoms. The molecule has 0 fully saturated rings. The van der Waals surface area contributed by atoms with Crippen LogP contribution in [0.1, 0.15) is 5.56 Å². The molecule has 13 nitrogen and oxygen atoms in total. The Balaban J connectivity index is 2.10. The average Bonchev–Trinajstić information content (AvgIpc) is 2.76. The minimum Gasteiger partial charge on any atom is -0.497 e. The van der Waals surface area contributed by atoms with Crippen LogP contribution in [0.4, 0.5) is 11.4 Å². The SMILES string of the molecule is COc1ccc(/C=N\NC(=O)COc2c(OC)cc([N+](=O)[O-])cc2[N+](=O)[O-])c(OC)c1. The highest BCUT2D eigenvalue weighted by molar-refractivity contribution is 5.86. The van der Waals surface area contributed by atoms with E-state index in [1.165, 1.54) is 20.4 Å². The number of hydrogen-bond donors (Lipinski definition) is 1. The number of nitro benzene ring substituents is 2. The predicted octanol–water partition coefficient (Wildman–Crippen LogP) is 2.06. The third-order valence-electron chi connectivity index (χ3n) is 3.83. The summed E-state index contributed by atoms with van der Waals surface area (Å²) in [7, 11) is 4.12. The van der Waals surface area contributed by atoms with E-state index < -0.39 is 39.5 Å². The fraction of sp³-hybridized carbons (Fsp3) is 0.222. The number of hydrogen-bond acceptors (Lipinski definition) is 10. The first-order valence-corrected chi connectivity index (χ1v) is 8.48. The molecule has 0 atom stereocenters. The summed E-state index contributed by atoms with van der Waals surface area (Å²) in [5.74, 6) is -0.391. The minimum atomic E-state index is -0.878. The van der Waals surface area contributed by atoms with Gasteiger partial charge in [-0.3, -0.25) is 25.0 Å². The maximum absolute atomic E-state index is 12.0. The van der Waals surface area contributed by atoms with Crippen LogP contribution in [-0.4, -0.2) is 49.9 Å². The Kier molecular flexibility index (Phi) is 7.66. The number of rotatable bonds is 10. The molecule has 0 aliphatic rings. The maximum atomic E-state index is 12.0. The van der Waals surface area contributed by atoms with E-state index >= 15 is 0 Å². The highest BCUT2D eigenvalue weighted by Gasteiger charge is 2.27. The molecule has 0 bridgehead atoms. The summed E-state index contributed by atoms with van der Waals surface area (Å²) in [4.78, 5) is 32.5. The minimum absolute atomic E-state index is 0.264. The van der Waals surface area contributed by atoms with Gasteiger partial charge in [-0.1, -0.05) is 0 Å². The van der Waals surface area contributed by atoms with Crippen molar-refractivity contribution in [2.45, 2.75) is 0 Å². The Morgan fingerprint density at radius 1 is 1.03 bits per heavy atom. The number of methoxy groups -OCH3 is 3. The van der Waals surface area contributed by atoms with Crippen LogP contribution in [0.2, 0.25) is 0 Å². The van der Waals surface area contributed by atoms with Gasteiger partial charge in [0, 0.05) is 11.6 Å². The first-order valence-electron chi connectivity index (χ1n) is 8.48. The van der Waals surface area contributed by atoms with Crippen molar-refractivity contribution in [3.8, 4) is 23.0 Å². The van der Waals surface area contributed by atoms with Gasteiger partial charge in [0.05, 0.1) is 49.5 Å². The first-order chi connectivity index (χ1) is 14.8. The second-order valence-electron chi connectivity index (χ2n) is 5.70. The molecule has 0 aromatic heterocycles. The lowest BCUT2D eigenvalue weighted by molar-refractivity contribution is -0.394. The van der Waals surface area contributed by atoms with E-state index in [4.69, 9.17) is 18.9 Å². The molecule has 0 heterocycles. The van der Waals surface area contributed by atoms with Crippen LogP contribution in [0.25, 0.3) is 0 Å². The van der Waals surface area contributed by atoms with Crippen molar-refractivity contribution in [1.82, 2.24) is 5.43 Å². The van der Waals surface area contributed by atoms with Gasteiger partial charge < -0.3 is 18.9 Å². The summed E-state index contributed by atoms with van der Waals surface area (Å²) in [5.41, 5.74) is 1.48. The van der Waals surface area contributed by atoms with Gasteiger partial charge in [-0.05, 0) is 12.1 Å². The quantitative estimate of drug-likeness (QED) is 0.335. The molecule has 2 rings (SSSR count). The number of nitrogens with zero attached hydrogens (tertiary/aromatic N) is 3. The molecule has 2 aromatic rings. The third kappa shape index (κ3) is 5.79. The average molecular weight is 434 g/mol. The zero-order valence-electron chi connectivity index (χ0n) is 16.7. The van der Waals surface area contributed by atoms with Gasteiger partial charge in [-0.2, -0.15) is 5.10 Å². The highest BCUT2D eigenvalue weighted by Crippen LogP contribution is 2.40. The number of carbonyl (C=O) groups is 1. The zero-order chi connectivity index (χ0) is 23.0. The van der Waals surface area contributed by atoms with Gasteiger partial charge >= 0.3 is 5.69 Å². The van der Waals surface area contributed by atoms with Gasteiger partial charge in [-0.25, -0.2) is 5.43 Å². The lowest BCUT2D eigenvalue weighted by atomic mass is 10.2. The lowest BCUT2D eigenvalue weighted by Crippen LogP contribution is -2.25. The summed E-state index contributed by atoms with van der Waals surface area (Å²) >= 11 is 0. The predicted molar refractivity (Wildman–Crippen MR) is 107 cm³/mol. The van der Waals surface area contributed by atoms with Crippen molar-refractivity contribution >= 4 is 23.5 Å². The number of benzene rings is 2. The molecule has 0 aliphatic heterocycles. The number of hydrazone groups is 1. The highest BCUT2D eigenvalue weighted by atomic mass is 16.6. The van der Waals surface area contributed by atoms with Crippen molar-refractivity contribution in [3.05, 3.63) is 56.1 Å². The maximum Gasteiger partial charge on any atom is 0.321 e. The van der Waals surface area contributed by atoms with Gasteiger partial charge in [0.2, 0.25) is 5.75 Å². The van der Waals surface area contributed by atoms with Gasteiger partial charge in [0.15, 0.2) is 12.4 Å². The summed E-state index contributed by atoms with van der Waals surface area (Å²) in [6.45, 7) is -0.661. The van der Waals surface area contributed by atoms with Crippen LogP contribution in [0, 0.1) is 20.2 Å². The molecule has 0 radical (unpaired) electrons. The molecule has 0 saturated heterocycles. The largest absolute Gasteiger partial charge is 0.497 e. The van der Waals surface area contributed by atoms with E-state index in [9.17, 15) is 25.0 Å². The second kappa shape index (κ2) is 10.4. The van der Waals surface area contributed by atoms with Crippen LogP contribution in [0.15, 0.2) is 35.4 Å². The second-order valence-corrected chi connectivity index (χ2v) is 5.70. The molecule has 31 heavy (non-hydrogen) atoms. The number of non-ortho nitro benzene ring substituents is 1. The van der Waals surface area contributed by atoms with E-state index in [-0.39, 0.29) is 5.75 Å². The summed E-state index contributed by atoms with van der Waals surface area (Å²) in [6, 6.07) is 6.63. The third-order valence-corrected chi connectivity index (χ3v) is 3.83. The summed E-state index contributed by atoms with van der Waals surface area (Å²) in [5, 5.41) is 26.0. The van der Waals surface area contributed by atoms with E-state index in [1.807, 2.05) is 0 Å². The van der Waals surface area contributed by atoms with Gasteiger partial charge in [-0.15, -0.1) is 0 Å². The van der Waals surface area contributed by atoms with E-state index in [0.717, 1.165) is 13.2 Å². The number of nitrogens with one attached hydrogen (secondary N) is 1. The summed E-state index contributed by atoms with van der Waals surface area (Å²) in [6.07, 6.45) is 1.32. The van der Waals surface area contributed by atoms with Crippen LogP contribution in [0.3, 0.4) is 0 Å². The van der Waals surface area contributed by atoms with Crippen LogP contribution < -0.4 is 24.4 Å². The van der Waals surface area contributed by atoms with E-state index in [1.54, 1.807) is 18.2 Å². The molecule has 13 heteroatoms. The number of carbonyl (C=O) groups excluding carboxylic acids is 1. The smallest absolute Gasteiger partial charge is 0.321 e. The normalized spacial score (nSPS) is 10.4. The molecular weight excluding hydrogens is 416 g/mol. The first kappa shape index (κ1) is 22.9. The number of nitro groups is 2. The van der Waals surface area contributed by atoms with Gasteiger partial charge in [0.25, 0.3) is 11.6 Å². The fourth-order valence-electron chi connectivity index (χ4n) is 2.38. The van der Waals surface area contributed by atoms with Crippen molar-refractivity contribution in [1.29, 1.82) is 0 Å². The van der Waals surface area contributed by atoms with Crippen molar-refractivity contribution in [3.63, 3.8) is 0 Å². The van der Waals surface area contributed by atoms with Crippen molar-refractivity contribution in [2.75, 3.05) is 27.9 Å². The molecule has 2 aromatic carbocycles. The topological polar surface area (TPSA) is 165 Å².